The van der Waals surface area contributed by atoms with E-state index in [0.717, 1.165) is 32.3 Å². The molecule has 0 saturated carbocycles. The topological polar surface area (TPSA) is 73.9 Å². The average Bonchev–Trinajstić information content (AvgIpc) is 3.14. The van der Waals surface area contributed by atoms with Crippen LogP contribution in [0.5, 0.6) is 17.2 Å². The smallest absolute Gasteiger partial charge is 0.311 e. The molecule has 0 saturated heterocycles. The van der Waals surface area contributed by atoms with Gasteiger partial charge in [0.05, 0.1) is 20.6 Å². The molecule has 3 aromatic carbocycles. The number of rotatable bonds is 8. The van der Waals surface area contributed by atoms with Crippen molar-refractivity contribution >= 4 is 50.7 Å². The number of carbonyl (C=O) groups excluding carboxylic acids is 2. The molecule has 0 atom stereocenters. The quantitative estimate of drug-likeness (QED) is 0.224. The summed E-state index contributed by atoms with van der Waals surface area (Å²) in [7, 11) is 2.96. The summed E-state index contributed by atoms with van der Waals surface area (Å²) in [5.74, 6) is -0.122. The first-order chi connectivity index (χ1) is 18.2. The Kier molecular flexibility index (Phi) is 8.32. The van der Waals surface area contributed by atoms with E-state index < -0.39 is 5.97 Å². The van der Waals surface area contributed by atoms with Crippen molar-refractivity contribution in [3.63, 3.8) is 0 Å². The number of amides is 1. The monoisotopic (exact) mass is 579 g/mol. The fraction of sp³-hybridized carbons (Fsp3) is 0.200. The first-order valence-corrected chi connectivity index (χ1v) is 12.8. The molecule has 0 fully saturated rings. The summed E-state index contributed by atoms with van der Waals surface area (Å²) in [4.78, 5) is 24.9. The van der Waals surface area contributed by atoms with Crippen LogP contribution in [0, 0.1) is 5.82 Å². The van der Waals surface area contributed by atoms with Crippen molar-refractivity contribution < 1.29 is 28.2 Å². The Balaban J connectivity index is 1.74. The summed E-state index contributed by atoms with van der Waals surface area (Å²) in [6.45, 7) is 3.61. The summed E-state index contributed by atoms with van der Waals surface area (Å²) in [6, 6.07) is 15.4. The van der Waals surface area contributed by atoms with Gasteiger partial charge in [-0.3, -0.25) is 9.59 Å². The second-order valence-electron chi connectivity index (χ2n) is 8.67. The van der Waals surface area contributed by atoms with Crippen molar-refractivity contribution in [2.24, 2.45) is 0 Å². The molecule has 0 spiro atoms. The SMILES string of the molecule is CCC(=O)Oc1c(OC)cc(/C=C2/C(C)=C(CC(=O)Nc3cccc(Br)c3)c3cc(F)ccc32)cc1OC. The molecule has 4 rings (SSSR count). The predicted molar refractivity (Wildman–Crippen MR) is 150 cm³/mol. The molecular weight excluding hydrogens is 553 g/mol. The second kappa shape index (κ2) is 11.6. The van der Waals surface area contributed by atoms with Gasteiger partial charge in [-0.15, -0.1) is 0 Å². The van der Waals surface area contributed by atoms with Gasteiger partial charge in [0.25, 0.3) is 0 Å². The van der Waals surface area contributed by atoms with Crippen molar-refractivity contribution in [1.82, 2.24) is 0 Å². The Hall–Kier alpha value is -3.91. The maximum absolute atomic E-state index is 14.3. The number of nitrogens with one attached hydrogen (secondary N) is 1. The fourth-order valence-electron chi connectivity index (χ4n) is 4.35. The third kappa shape index (κ3) is 5.81. The lowest BCUT2D eigenvalue weighted by Gasteiger charge is -2.14. The second-order valence-corrected chi connectivity index (χ2v) is 9.58. The van der Waals surface area contributed by atoms with Gasteiger partial charge in [0.2, 0.25) is 11.7 Å². The molecule has 1 aliphatic rings. The predicted octanol–water partition coefficient (Wildman–Crippen LogP) is 7.28. The zero-order chi connectivity index (χ0) is 27.4. The molecule has 0 heterocycles. The standard InChI is InChI=1S/C30H27BrFNO5/c1-5-29(35)38-30-26(36-3)12-18(13-27(30)37-4)11-23-17(2)24(25-15-20(32)9-10-22(23)25)16-28(34)33-21-8-6-7-19(31)14-21/h6-15H,5,16H2,1-4H3,(H,33,34)/b23-11-. The maximum atomic E-state index is 14.3. The summed E-state index contributed by atoms with van der Waals surface area (Å²) in [6.07, 6.45) is 2.19. The number of fused-ring (bicyclic) bond motifs is 1. The number of methoxy groups -OCH3 is 2. The van der Waals surface area contributed by atoms with Gasteiger partial charge in [-0.05, 0) is 88.9 Å². The van der Waals surface area contributed by atoms with E-state index in [4.69, 9.17) is 14.2 Å². The number of benzene rings is 3. The minimum absolute atomic E-state index is 0.0741. The third-order valence-electron chi connectivity index (χ3n) is 6.20. The average molecular weight is 580 g/mol. The highest BCUT2D eigenvalue weighted by Gasteiger charge is 2.26. The zero-order valence-corrected chi connectivity index (χ0v) is 23.1. The zero-order valence-electron chi connectivity index (χ0n) is 21.5. The van der Waals surface area contributed by atoms with Gasteiger partial charge < -0.3 is 19.5 Å². The van der Waals surface area contributed by atoms with Crippen LogP contribution in [0.4, 0.5) is 10.1 Å². The molecule has 0 radical (unpaired) electrons. The number of anilines is 1. The highest BCUT2D eigenvalue weighted by atomic mass is 79.9. The molecule has 1 amide bonds. The van der Waals surface area contributed by atoms with Crippen LogP contribution in [0.25, 0.3) is 17.2 Å². The molecule has 3 aromatic rings. The summed E-state index contributed by atoms with van der Waals surface area (Å²) < 4.78 is 31.6. The van der Waals surface area contributed by atoms with Crippen LogP contribution in [0.2, 0.25) is 0 Å². The molecule has 1 N–H and O–H groups in total. The largest absolute Gasteiger partial charge is 0.493 e. The van der Waals surface area contributed by atoms with Crippen molar-refractivity contribution in [3.8, 4) is 17.2 Å². The summed E-state index contributed by atoms with van der Waals surface area (Å²) >= 11 is 3.41. The minimum atomic E-state index is -0.413. The normalized spacial score (nSPS) is 13.4. The van der Waals surface area contributed by atoms with E-state index in [1.54, 1.807) is 31.2 Å². The molecule has 38 heavy (non-hydrogen) atoms. The van der Waals surface area contributed by atoms with Gasteiger partial charge in [-0.1, -0.05) is 35.0 Å². The first-order valence-electron chi connectivity index (χ1n) is 12.0. The third-order valence-corrected chi connectivity index (χ3v) is 6.69. The molecule has 1 aliphatic carbocycles. The molecule has 0 aromatic heterocycles. The molecule has 6 nitrogen and oxygen atoms in total. The Labute approximate surface area is 229 Å². The van der Waals surface area contributed by atoms with Crippen LogP contribution in [-0.2, 0) is 9.59 Å². The van der Waals surface area contributed by atoms with Crippen molar-refractivity contribution in [2.45, 2.75) is 26.7 Å². The van der Waals surface area contributed by atoms with E-state index in [0.29, 0.717) is 22.7 Å². The molecule has 8 heteroatoms. The Morgan fingerprint density at radius 1 is 1.00 bits per heavy atom. The van der Waals surface area contributed by atoms with Crippen LogP contribution < -0.4 is 19.5 Å². The van der Waals surface area contributed by atoms with Gasteiger partial charge in [-0.25, -0.2) is 4.39 Å². The van der Waals surface area contributed by atoms with Gasteiger partial charge in [0.15, 0.2) is 11.5 Å². The van der Waals surface area contributed by atoms with E-state index in [-0.39, 0.29) is 30.3 Å². The summed E-state index contributed by atoms with van der Waals surface area (Å²) in [5, 5.41) is 2.91. The van der Waals surface area contributed by atoms with E-state index in [1.165, 1.54) is 26.4 Å². The lowest BCUT2D eigenvalue weighted by molar-refractivity contribution is -0.134. The van der Waals surface area contributed by atoms with Crippen LogP contribution in [0.1, 0.15) is 43.4 Å². The Morgan fingerprint density at radius 2 is 1.71 bits per heavy atom. The molecule has 196 valence electrons. The number of halogens is 2. The first kappa shape index (κ1) is 27.1. The van der Waals surface area contributed by atoms with E-state index in [2.05, 4.69) is 21.2 Å². The van der Waals surface area contributed by atoms with Gasteiger partial charge in [-0.2, -0.15) is 0 Å². The van der Waals surface area contributed by atoms with Gasteiger partial charge in [0.1, 0.15) is 5.82 Å². The fourth-order valence-corrected chi connectivity index (χ4v) is 4.75. The molecule has 0 unspecified atom stereocenters. The number of hydrogen-bond acceptors (Lipinski definition) is 5. The molecule has 0 bridgehead atoms. The van der Waals surface area contributed by atoms with Crippen LogP contribution >= 0.6 is 15.9 Å². The van der Waals surface area contributed by atoms with Gasteiger partial charge >= 0.3 is 5.97 Å². The minimum Gasteiger partial charge on any atom is -0.493 e. The van der Waals surface area contributed by atoms with Crippen molar-refractivity contribution in [2.75, 3.05) is 19.5 Å². The van der Waals surface area contributed by atoms with Crippen molar-refractivity contribution in [1.29, 1.82) is 0 Å². The number of carbonyl (C=O) groups is 2. The van der Waals surface area contributed by atoms with E-state index in [1.807, 2.05) is 31.2 Å². The highest BCUT2D eigenvalue weighted by Crippen LogP contribution is 2.45. The molecule has 0 aliphatic heterocycles. The lowest BCUT2D eigenvalue weighted by Crippen LogP contribution is -2.12. The number of ether oxygens (including phenoxy) is 3. The summed E-state index contributed by atoms with van der Waals surface area (Å²) in [5.41, 5.74) is 5.31. The number of allylic oxidation sites excluding steroid dienone is 2. The van der Waals surface area contributed by atoms with Crippen LogP contribution in [0.3, 0.4) is 0 Å². The number of esters is 1. The Morgan fingerprint density at radius 3 is 2.34 bits per heavy atom. The number of hydrogen-bond donors (Lipinski definition) is 1. The lowest BCUT2D eigenvalue weighted by atomic mass is 10.00. The van der Waals surface area contributed by atoms with Crippen molar-refractivity contribution in [3.05, 3.63) is 87.2 Å². The van der Waals surface area contributed by atoms with Crippen LogP contribution in [0.15, 0.2) is 64.6 Å². The van der Waals surface area contributed by atoms with E-state index in [9.17, 15) is 14.0 Å². The van der Waals surface area contributed by atoms with E-state index >= 15 is 0 Å². The van der Waals surface area contributed by atoms with Gasteiger partial charge in [0, 0.05) is 16.6 Å². The Bertz CT molecular complexity index is 1450. The molecular formula is C30H27BrFNO5. The maximum Gasteiger partial charge on any atom is 0.311 e. The van der Waals surface area contributed by atoms with Crippen LogP contribution in [-0.4, -0.2) is 26.1 Å². The highest BCUT2D eigenvalue weighted by molar-refractivity contribution is 9.10.